The van der Waals surface area contributed by atoms with Gasteiger partial charge in [0.15, 0.2) is 12.4 Å². The summed E-state index contributed by atoms with van der Waals surface area (Å²) in [4.78, 5) is 25.2. The Hall–Kier alpha value is -4.25. The molecule has 0 spiro atoms. The minimum atomic E-state index is -4.77. The van der Waals surface area contributed by atoms with Crippen LogP contribution >= 0.6 is 0 Å². The first kappa shape index (κ1) is 26.4. The van der Waals surface area contributed by atoms with Crippen LogP contribution in [0.1, 0.15) is 15.9 Å². The molecule has 1 N–H and O–H groups in total. The van der Waals surface area contributed by atoms with Crippen molar-refractivity contribution in [2.75, 3.05) is 43.7 Å². The fraction of sp³-hybridized carbons (Fsp3) is 0.273. The molecule has 36 heavy (non-hydrogen) atoms. The van der Waals surface area contributed by atoms with Crippen LogP contribution in [0.15, 0.2) is 35.4 Å². The topological polar surface area (TPSA) is 107 Å². The lowest BCUT2D eigenvalue weighted by Crippen LogP contribution is -2.42. The van der Waals surface area contributed by atoms with Crippen molar-refractivity contribution in [3.8, 4) is 11.8 Å². The van der Waals surface area contributed by atoms with Gasteiger partial charge < -0.3 is 14.8 Å². The zero-order valence-corrected chi connectivity index (χ0v) is 18.6. The first-order valence-corrected chi connectivity index (χ1v) is 10.2. The van der Waals surface area contributed by atoms with Gasteiger partial charge in [-0.15, -0.1) is 0 Å². The van der Waals surface area contributed by atoms with Crippen molar-refractivity contribution < 1.29 is 41.0 Å². The number of benzene rings is 2. The molecule has 1 aliphatic rings. The molecule has 0 unspecified atom stereocenters. The van der Waals surface area contributed by atoms with Crippen LogP contribution in [0.5, 0.6) is 5.75 Å². The SMILES string of the molecule is CN(/N=C1/COCCN1C=O)c1cc(OCC(F)(F)F)c(C(=O)Nc2ccc(F)cc2C#N)cc1F. The summed E-state index contributed by atoms with van der Waals surface area (Å²) in [5, 5.41) is 16.4. The first-order valence-electron chi connectivity index (χ1n) is 10.2. The third-order valence-corrected chi connectivity index (χ3v) is 4.82. The number of ether oxygens (including phenoxy) is 2. The Balaban J connectivity index is 1.98. The van der Waals surface area contributed by atoms with Crippen LogP contribution in [0.3, 0.4) is 0 Å². The van der Waals surface area contributed by atoms with Gasteiger partial charge in [0, 0.05) is 13.1 Å². The average Bonchev–Trinajstić information content (AvgIpc) is 2.83. The lowest BCUT2D eigenvalue weighted by atomic mass is 10.1. The largest absolute Gasteiger partial charge is 0.483 e. The summed E-state index contributed by atoms with van der Waals surface area (Å²) in [6.07, 6.45) is -4.27. The predicted molar refractivity (Wildman–Crippen MR) is 116 cm³/mol. The van der Waals surface area contributed by atoms with E-state index in [0.717, 1.165) is 29.3 Å². The van der Waals surface area contributed by atoms with Gasteiger partial charge in [-0.3, -0.25) is 19.5 Å². The maximum Gasteiger partial charge on any atom is 0.422 e. The van der Waals surface area contributed by atoms with Crippen molar-refractivity contribution in [2.45, 2.75) is 6.18 Å². The maximum atomic E-state index is 15.0. The zero-order chi connectivity index (χ0) is 26.5. The van der Waals surface area contributed by atoms with Gasteiger partial charge in [0.05, 0.1) is 35.7 Å². The average molecular weight is 511 g/mol. The second-order valence-electron chi connectivity index (χ2n) is 7.35. The molecular formula is C22H18F5N5O4. The molecule has 1 heterocycles. The number of nitriles is 1. The number of nitrogens with one attached hydrogen (secondary N) is 1. The van der Waals surface area contributed by atoms with E-state index in [0.29, 0.717) is 12.5 Å². The molecule has 1 fully saturated rings. The van der Waals surface area contributed by atoms with E-state index in [4.69, 9.17) is 14.7 Å². The number of carbonyl (C=O) groups is 2. The molecule has 9 nitrogen and oxygen atoms in total. The summed E-state index contributed by atoms with van der Waals surface area (Å²) in [7, 11) is 1.27. The van der Waals surface area contributed by atoms with Crippen LogP contribution in [0.25, 0.3) is 0 Å². The number of nitrogens with zero attached hydrogens (tertiary/aromatic N) is 4. The van der Waals surface area contributed by atoms with E-state index in [1.54, 1.807) is 6.07 Å². The summed E-state index contributed by atoms with van der Waals surface area (Å²) in [6, 6.07) is 6.00. The predicted octanol–water partition coefficient (Wildman–Crippen LogP) is 3.27. The summed E-state index contributed by atoms with van der Waals surface area (Å²) >= 11 is 0. The van der Waals surface area contributed by atoms with Crippen molar-refractivity contribution in [2.24, 2.45) is 5.10 Å². The van der Waals surface area contributed by atoms with Gasteiger partial charge in [0.25, 0.3) is 5.91 Å². The summed E-state index contributed by atoms with van der Waals surface area (Å²) in [5.74, 6) is -3.43. The molecule has 2 amide bonds. The number of hydrazone groups is 1. The quantitative estimate of drug-likeness (QED) is 0.348. The fourth-order valence-corrected chi connectivity index (χ4v) is 3.12. The molecule has 0 saturated carbocycles. The Labute approximate surface area is 201 Å². The Kier molecular flexibility index (Phi) is 8.05. The van der Waals surface area contributed by atoms with Gasteiger partial charge >= 0.3 is 6.18 Å². The normalized spacial score (nSPS) is 14.8. The highest BCUT2D eigenvalue weighted by Gasteiger charge is 2.30. The van der Waals surface area contributed by atoms with Gasteiger partial charge in [-0.05, 0) is 24.3 Å². The molecule has 0 aromatic heterocycles. The van der Waals surface area contributed by atoms with Crippen molar-refractivity contribution in [1.29, 1.82) is 5.26 Å². The van der Waals surface area contributed by atoms with Crippen molar-refractivity contribution in [3.63, 3.8) is 0 Å². The molecular weight excluding hydrogens is 493 g/mol. The van der Waals surface area contributed by atoms with E-state index >= 15 is 4.39 Å². The summed E-state index contributed by atoms with van der Waals surface area (Å²) in [5.41, 5.74) is -1.40. The number of alkyl halides is 3. The van der Waals surface area contributed by atoms with Crippen LogP contribution in [-0.4, -0.2) is 62.6 Å². The Morgan fingerprint density at radius 1 is 1.33 bits per heavy atom. The molecule has 14 heteroatoms. The highest BCUT2D eigenvalue weighted by Crippen LogP contribution is 2.31. The van der Waals surface area contributed by atoms with E-state index in [9.17, 15) is 27.2 Å². The van der Waals surface area contributed by atoms with Crippen LogP contribution in [0, 0.1) is 23.0 Å². The van der Waals surface area contributed by atoms with E-state index in [1.807, 2.05) is 0 Å². The molecule has 2 aromatic rings. The van der Waals surface area contributed by atoms with Crippen molar-refractivity contribution >= 4 is 29.5 Å². The van der Waals surface area contributed by atoms with Crippen molar-refractivity contribution in [1.82, 2.24) is 4.90 Å². The molecule has 0 aliphatic carbocycles. The number of anilines is 2. The highest BCUT2D eigenvalue weighted by atomic mass is 19.4. The zero-order valence-electron chi connectivity index (χ0n) is 18.6. The van der Waals surface area contributed by atoms with Crippen LogP contribution < -0.4 is 15.1 Å². The lowest BCUT2D eigenvalue weighted by molar-refractivity contribution is -0.153. The number of carbonyl (C=O) groups excluding carboxylic acids is 2. The number of amides is 2. The third-order valence-electron chi connectivity index (χ3n) is 4.82. The van der Waals surface area contributed by atoms with Gasteiger partial charge in [-0.25, -0.2) is 8.78 Å². The fourth-order valence-electron chi connectivity index (χ4n) is 3.12. The van der Waals surface area contributed by atoms with Gasteiger partial charge in [-0.1, -0.05) is 0 Å². The Morgan fingerprint density at radius 2 is 2.08 bits per heavy atom. The minimum Gasteiger partial charge on any atom is -0.483 e. The van der Waals surface area contributed by atoms with Gasteiger partial charge in [-0.2, -0.15) is 23.5 Å². The number of hydrogen-bond acceptors (Lipinski definition) is 7. The number of rotatable bonds is 7. The van der Waals surface area contributed by atoms with Crippen LogP contribution in [0.4, 0.5) is 33.3 Å². The second-order valence-corrected chi connectivity index (χ2v) is 7.35. The molecule has 2 aromatic carbocycles. The Morgan fingerprint density at radius 3 is 2.75 bits per heavy atom. The van der Waals surface area contributed by atoms with Gasteiger partial charge in [0.2, 0.25) is 6.41 Å². The second kappa shape index (κ2) is 11.0. The van der Waals surface area contributed by atoms with E-state index in [1.165, 1.54) is 11.9 Å². The molecule has 0 radical (unpaired) electrons. The third kappa shape index (κ3) is 6.45. The monoisotopic (exact) mass is 511 g/mol. The molecule has 190 valence electrons. The molecule has 1 saturated heterocycles. The minimum absolute atomic E-state index is 0.0679. The van der Waals surface area contributed by atoms with Gasteiger partial charge in [0.1, 0.15) is 30.1 Å². The highest BCUT2D eigenvalue weighted by molar-refractivity contribution is 6.07. The van der Waals surface area contributed by atoms with Crippen LogP contribution in [-0.2, 0) is 9.53 Å². The molecule has 0 bridgehead atoms. The lowest BCUT2D eigenvalue weighted by Gasteiger charge is -2.26. The number of halogens is 5. The number of hydrogen-bond donors (Lipinski definition) is 1. The number of amidine groups is 1. The molecule has 3 rings (SSSR count). The van der Waals surface area contributed by atoms with Crippen LogP contribution in [0.2, 0.25) is 0 Å². The number of morpholine rings is 1. The first-order chi connectivity index (χ1) is 17.0. The van der Waals surface area contributed by atoms with E-state index in [2.05, 4.69) is 10.4 Å². The smallest absolute Gasteiger partial charge is 0.422 e. The molecule has 0 atom stereocenters. The Bertz CT molecular complexity index is 1230. The van der Waals surface area contributed by atoms with E-state index < -0.39 is 41.6 Å². The molecule has 1 aliphatic heterocycles. The maximum absolute atomic E-state index is 15.0. The summed E-state index contributed by atoms with van der Waals surface area (Å²) in [6.45, 7) is -1.40. The standard InChI is InChI=1S/C22H18F5N5O4/c1-31(30-20-10-35-5-4-32(20)12-33)18-8-19(36-11-22(25,26)27)15(7-16(18)24)21(34)29-17-3-2-14(23)6-13(17)9-28/h2-3,6-8,12H,4-5,10-11H2,1H3,(H,29,34)/b30-20-. The summed E-state index contributed by atoms with van der Waals surface area (Å²) < 4.78 is 76.9. The van der Waals surface area contributed by atoms with E-state index in [-0.39, 0.29) is 42.5 Å². The van der Waals surface area contributed by atoms with Crippen molar-refractivity contribution in [3.05, 3.63) is 53.1 Å².